The van der Waals surface area contributed by atoms with Crippen LogP contribution in [0, 0.1) is 0 Å². The molecule has 0 spiro atoms. The van der Waals surface area contributed by atoms with E-state index in [1.54, 1.807) is 4.90 Å². The van der Waals surface area contributed by atoms with Gasteiger partial charge in [0, 0.05) is 45.6 Å². The predicted octanol–water partition coefficient (Wildman–Crippen LogP) is -0.274. The van der Waals surface area contributed by atoms with Gasteiger partial charge in [0.15, 0.2) is 0 Å². The van der Waals surface area contributed by atoms with Crippen molar-refractivity contribution in [3.8, 4) is 0 Å². The minimum absolute atomic E-state index is 0.0969. The van der Waals surface area contributed by atoms with Crippen molar-refractivity contribution in [2.45, 2.75) is 45.1 Å². The highest BCUT2D eigenvalue weighted by atomic mass is 32.2. The van der Waals surface area contributed by atoms with Crippen LogP contribution in [-0.2, 0) is 24.4 Å². The number of hydrogen-bond donors (Lipinski definition) is 1. The number of aliphatic carboxylic acids is 1. The van der Waals surface area contributed by atoms with Gasteiger partial charge in [0.25, 0.3) is 0 Å². The number of nitrogens with zero attached hydrogens (tertiary/aromatic N) is 3. The Morgan fingerprint density at radius 3 is 2.42 bits per heavy atom. The Bertz CT molecular complexity index is 650. The van der Waals surface area contributed by atoms with Crippen LogP contribution in [0.3, 0.4) is 0 Å². The molecule has 2 rings (SSSR count). The molecule has 0 aromatic rings. The van der Waals surface area contributed by atoms with E-state index in [0.717, 1.165) is 0 Å². The van der Waals surface area contributed by atoms with E-state index in [1.807, 2.05) is 0 Å². The third-order valence-corrected chi connectivity index (χ3v) is 6.94. The quantitative estimate of drug-likeness (QED) is 0.668. The normalized spacial score (nSPS) is 23.4. The van der Waals surface area contributed by atoms with Crippen molar-refractivity contribution in [2.75, 3.05) is 38.5 Å². The number of carbonyl (C=O) groups is 3. The zero-order valence-electron chi connectivity index (χ0n) is 15.1. The molecule has 1 unspecified atom stereocenters. The van der Waals surface area contributed by atoms with Gasteiger partial charge in [-0.15, -0.1) is 0 Å². The van der Waals surface area contributed by atoms with Crippen molar-refractivity contribution in [1.82, 2.24) is 14.1 Å². The summed E-state index contributed by atoms with van der Waals surface area (Å²) in [6, 6.07) is -0.194. The molecule has 2 saturated heterocycles. The molecule has 2 aliphatic rings. The summed E-state index contributed by atoms with van der Waals surface area (Å²) in [4.78, 5) is 38.2. The fourth-order valence-electron chi connectivity index (χ4n) is 3.60. The summed E-state index contributed by atoms with van der Waals surface area (Å²) in [5.41, 5.74) is 0. The number of likely N-dealkylation sites (tertiary alicyclic amines) is 1. The van der Waals surface area contributed by atoms with Crippen LogP contribution >= 0.6 is 0 Å². The van der Waals surface area contributed by atoms with E-state index >= 15 is 0 Å². The molecule has 2 heterocycles. The maximum atomic E-state index is 12.4. The number of sulfonamides is 1. The second-order valence-corrected chi connectivity index (χ2v) is 8.91. The smallest absolute Gasteiger partial charge is 0.323 e. The lowest BCUT2D eigenvalue weighted by Gasteiger charge is -2.29. The molecular formula is C16H27N3O6S. The van der Waals surface area contributed by atoms with Crippen LogP contribution in [0.5, 0.6) is 0 Å². The van der Waals surface area contributed by atoms with Crippen molar-refractivity contribution in [2.24, 2.45) is 0 Å². The fourth-order valence-corrected chi connectivity index (χ4v) is 5.13. The molecule has 2 aliphatic heterocycles. The molecule has 1 atom stereocenters. The summed E-state index contributed by atoms with van der Waals surface area (Å²) >= 11 is 0. The Kier molecular flexibility index (Phi) is 6.99. The number of hydrogen-bond acceptors (Lipinski definition) is 5. The number of carbonyl (C=O) groups excluding carboxylic acids is 2. The van der Waals surface area contributed by atoms with E-state index in [9.17, 15) is 22.8 Å². The predicted molar refractivity (Wildman–Crippen MR) is 93.8 cm³/mol. The lowest BCUT2D eigenvalue weighted by molar-refractivity contribution is -0.145. The highest BCUT2D eigenvalue weighted by Gasteiger charge is 2.30. The zero-order chi connectivity index (χ0) is 19.3. The van der Waals surface area contributed by atoms with Gasteiger partial charge >= 0.3 is 5.97 Å². The number of carboxylic acid groups (broad SMARTS) is 1. The molecule has 0 aromatic heterocycles. The van der Waals surface area contributed by atoms with E-state index < -0.39 is 16.0 Å². The Morgan fingerprint density at radius 1 is 1.12 bits per heavy atom. The van der Waals surface area contributed by atoms with Gasteiger partial charge in [0.1, 0.15) is 6.54 Å². The van der Waals surface area contributed by atoms with E-state index in [2.05, 4.69) is 0 Å². The molecule has 9 nitrogen and oxygen atoms in total. The molecule has 2 amide bonds. The minimum atomic E-state index is -3.20. The molecule has 0 saturated carbocycles. The Morgan fingerprint density at radius 2 is 1.85 bits per heavy atom. The fraction of sp³-hybridized carbons (Fsp3) is 0.812. The van der Waals surface area contributed by atoms with E-state index in [0.29, 0.717) is 45.3 Å². The summed E-state index contributed by atoms with van der Waals surface area (Å²) in [6.07, 6.45) is 2.61. The summed E-state index contributed by atoms with van der Waals surface area (Å²) < 4.78 is 25.0. The molecule has 1 N–H and O–H groups in total. The van der Waals surface area contributed by atoms with Gasteiger partial charge in [-0.3, -0.25) is 14.4 Å². The van der Waals surface area contributed by atoms with Crippen molar-refractivity contribution in [3.05, 3.63) is 0 Å². The van der Waals surface area contributed by atoms with E-state index in [4.69, 9.17) is 5.11 Å². The van der Waals surface area contributed by atoms with Gasteiger partial charge in [0.2, 0.25) is 21.8 Å². The Labute approximate surface area is 154 Å². The number of carboxylic acids is 1. The first kappa shape index (κ1) is 20.6. The van der Waals surface area contributed by atoms with Gasteiger partial charge in [-0.05, 0) is 25.7 Å². The van der Waals surface area contributed by atoms with E-state index in [-0.39, 0.29) is 43.1 Å². The molecule has 0 bridgehead atoms. The van der Waals surface area contributed by atoms with Crippen molar-refractivity contribution < 1.29 is 27.9 Å². The first-order valence-corrected chi connectivity index (χ1v) is 10.6. The molecule has 2 fully saturated rings. The summed E-state index contributed by atoms with van der Waals surface area (Å²) in [5, 5.41) is 8.98. The third kappa shape index (κ3) is 5.41. The van der Waals surface area contributed by atoms with Crippen molar-refractivity contribution in [3.63, 3.8) is 0 Å². The Hall–Kier alpha value is -1.68. The highest BCUT2D eigenvalue weighted by Crippen LogP contribution is 2.19. The summed E-state index contributed by atoms with van der Waals surface area (Å²) in [7, 11) is -3.20. The van der Waals surface area contributed by atoms with Crippen LogP contribution in [0.4, 0.5) is 0 Å². The van der Waals surface area contributed by atoms with Crippen LogP contribution in [-0.4, -0.2) is 89.9 Å². The largest absolute Gasteiger partial charge is 0.480 e. The first-order chi connectivity index (χ1) is 12.2. The first-order valence-electron chi connectivity index (χ1n) is 8.95. The summed E-state index contributed by atoms with van der Waals surface area (Å²) in [6.45, 7) is 2.69. The van der Waals surface area contributed by atoms with Crippen LogP contribution in [0.15, 0.2) is 0 Å². The average molecular weight is 389 g/mol. The standard InChI is InChI=1S/C16H27N3O6S/c1-13(20)19(12-16(22)23)14-4-2-7-17(9-5-14)15(21)6-10-18-8-3-11-26(18,24)25/h14H,2-12H2,1H3,(H,22,23). The zero-order valence-corrected chi connectivity index (χ0v) is 15.9. The monoisotopic (exact) mass is 389 g/mol. The topological polar surface area (TPSA) is 115 Å². The van der Waals surface area contributed by atoms with Gasteiger partial charge in [-0.25, -0.2) is 12.7 Å². The van der Waals surface area contributed by atoms with Crippen molar-refractivity contribution >= 4 is 27.8 Å². The average Bonchev–Trinajstić information content (AvgIpc) is 2.75. The molecule has 26 heavy (non-hydrogen) atoms. The third-order valence-electron chi connectivity index (χ3n) is 4.98. The SMILES string of the molecule is CC(=O)N(CC(=O)O)C1CCCN(C(=O)CCN2CCCS2(=O)=O)CC1. The number of amides is 2. The second-order valence-electron chi connectivity index (χ2n) is 6.82. The highest BCUT2D eigenvalue weighted by molar-refractivity contribution is 7.89. The minimum Gasteiger partial charge on any atom is -0.480 e. The lowest BCUT2D eigenvalue weighted by atomic mass is 10.1. The summed E-state index contributed by atoms with van der Waals surface area (Å²) in [5.74, 6) is -1.28. The van der Waals surface area contributed by atoms with Crippen LogP contribution in [0.2, 0.25) is 0 Å². The maximum Gasteiger partial charge on any atom is 0.323 e. The molecule has 0 radical (unpaired) electrons. The molecule has 148 valence electrons. The molecular weight excluding hydrogens is 362 g/mol. The van der Waals surface area contributed by atoms with Gasteiger partial charge in [0.05, 0.1) is 5.75 Å². The van der Waals surface area contributed by atoms with Crippen molar-refractivity contribution in [1.29, 1.82) is 0 Å². The molecule has 10 heteroatoms. The lowest BCUT2D eigenvalue weighted by Crippen LogP contribution is -2.43. The van der Waals surface area contributed by atoms with Gasteiger partial charge in [-0.1, -0.05) is 0 Å². The van der Waals surface area contributed by atoms with Gasteiger partial charge < -0.3 is 14.9 Å². The maximum absolute atomic E-state index is 12.4. The molecule has 0 aliphatic carbocycles. The van der Waals surface area contributed by atoms with Crippen LogP contribution in [0.25, 0.3) is 0 Å². The van der Waals surface area contributed by atoms with E-state index in [1.165, 1.54) is 16.1 Å². The van der Waals surface area contributed by atoms with Crippen LogP contribution in [0.1, 0.15) is 39.0 Å². The van der Waals surface area contributed by atoms with Crippen LogP contribution < -0.4 is 0 Å². The van der Waals surface area contributed by atoms with Gasteiger partial charge in [-0.2, -0.15) is 0 Å². The Balaban J connectivity index is 1.87. The number of rotatable bonds is 6. The molecule has 0 aromatic carbocycles. The second kappa shape index (κ2) is 8.81.